The zero-order valence-corrected chi connectivity index (χ0v) is 12.9. The van der Waals surface area contributed by atoms with Gasteiger partial charge in [-0.2, -0.15) is 0 Å². The Morgan fingerprint density at radius 2 is 1.95 bits per heavy atom. The third-order valence-corrected chi connectivity index (χ3v) is 4.50. The number of nitrogens with one attached hydrogen (secondary N) is 1. The van der Waals surface area contributed by atoms with E-state index in [4.69, 9.17) is 0 Å². The molecule has 1 saturated carbocycles. The number of hydrogen-bond donors (Lipinski definition) is 1. The number of likely N-dealkylation sites (N-methyl/N-ethyl adjacent to an activating group) is 1. The lowest BCUT2D eigenvalue weighted by Gasteiger charge is -2.24. The Balaban J connectivity index is 1.74. The number of hydrogen-bond acceptors (Lipinski definition) is 4. The molecule has 114 valence electrons. The van der Waals surface area contributed by atoms with Crippen molar-refractivity contribution in [1.82, 2.24) is 15.1 Å². The Hall–Kier alpha value is -0.940. The molecule has 1 atom stereocenters. The van der Waals surface area contributed by atoms with Crippen LogP contribution in [0.1, 0.15) is 46.0 Å². The predicted molar refractivity (Wildman–Crippen MR) is 78.3 cm³/mol. The van der Waals surface area contributed by atoms with Crippen molar-refractivity contribution < 1.29 is 9.59 Å². The summed E-state index contributed by atoms with van der Waals surface area (Å²) in [5.74, 6) is -0.111. The van der Waals surface area contributed by atoms with Gasteiger partial charge in [0.2, 0.25) is 11.8 Å². The van der Waals surface area contributed by atoms with Crippen molar-refractivity contribution in [3.05, 3.63) is 0 Å². The molecule has 5 nitrogen and oxygen atoms in total. The fraction of sp³-hybridized carbons (Fsp3) is 0.867. The molecular formula is C15H27N3O2. The highest BCUT2D eigenvalue weighted by atomic mass is 16.2. The normalized spacial score (nSPS) is 24.6. The zero-order valence-electron chi connectivity index (χ0n) is 12.9. The maximum absolute atomic E-state index is 12.1. The quantitative estimate of drug-likeness (QED) is 0.738. The lowest BCUT2D eigenvalue weighted by atomic mass is 10.2. The molecule has 2 amide bonds. The Morgan fingerprint density at radius 3 is 2.50 bits per heavy atom. The predicted octanol–water partition coefficient (Wildman–Crippen LogP) is 0.986. The molecule has 1 unspecified atom stereocenters. The third kappa shape index (κ3) is 3.38. The van der Waals surface area contributed by atoms with Gasteiger partial charge < -0.3 is 10.2 Å². The highest BCUT2D eigenvalue weighted by Crippen LogP contribution is 2.22. The fourth-order valence-electron chi connectivity index (χ4n) is 3.30. The molecule has 1 saturated heterocycles. The molecule has 0 aromatic carbocycles. The Kier molecular flexibility index (Phi) is 5.16. The van der Waals surface area contributed by atoms with Crippen LogP contribution in [-0.4, -0.2) is 59.9 Å². The van der Waals surface area contributed by atoms with Gasteiger partial charge in [-0.1, -0.05) is 12.8 Å². The molecule has 1 heterocycles. The van der Waals surface area contributed by atoms with E-state index in [1.54, 1.807) is 0 Å². The zero-order chi connectivity index (χ0) is 14.7. The summed E-state index contributed by atoms with van der Waals surface area (Å²) in [5.41, 5.74) is 0. The van der Waals surface area contributed by atoms with Gasteiger partial charge in [-0.25, -0.2) is 0 Å². The van der Waals surface area contributed by atoms with Crippen LogP contribution in [0.25, 0.3) is 0 Å². The van der Waals surface area contributed by atoms with E-state index >= 15 is 0 Å². The van der Waals surface area contributed by atoms with Crippen molar-refractivity contribution in [3.63, 3.8) is 0 Å². The van der Waals surface area contributed by atoms with Crippen molar-refractivity contribution >= 4 is 11.8 Å². The van der Waals surface area contributed by atoms with E-state index in [1.807, 2.05) is 13.8 Å². The summed E-state index contributed by atoms with van der Waals surface area (Å²) in [5, 5.41) is 3.25. The Morgan fingerprint density at radius 1 is 1.30 bits per heavy atom. The van der Waals surface area contributed by atoms with Crippen molar-refractivity contribution in [2.75, 3.05) is 20.1 Å². The van der Waals surface area contributed by atoms with Gasteiger partial charge in [0.15, 0.2) is 0 Å². The Bertz CT molecular complexity index is 364. The average Bonchev–Trinajstić information content (AvgIpc) is 2.98. The highest BCUT2D eigenvalue weighted by molar-refractivity contribution is 6.05. The fourth-order valence-corrected chi connectivity index (χ4v) is 3.30. The van der Waals surface area contributed by atoms with Gasteiger partial charge in [0.1, 0.15) is 0 Å². The minimum Gasteiger partial charge on any atom is -0.304 e. The molecule has 2 aliphatic rings. The minimum absolute atomic E-state index is 0.0389. The number of carbonyl (C=O) groups is 2. The molecule has 2 rings (SSSR count). The van der Waals surface area contributed by atoms with Crippen molar-refractivity contribution in [1.29, 1.82) is 0 Å². The summed E-state index contributed by atoms with van der Waals surface area (Å²) in [7, 11) is 2.15. The second-order valence-electron chi connectivity index (χ2n) is 6.33. The molecule has 1 aliphatic carbocycles. The Labute approximate surface area is 121 Å². The van der Waals surface area contributed by atoms with Gasteiger partial charge in [0.25, 0.3) is 0 Å². The van der Waals surface area contributed by atoms with Gasteiger partial charge in [-0.3, -0.25) is 14.5 Å². The van der Waals surface area contributed by atoms with Crippen molar-refractivity contribution in [2.24, 2.45) is 0 Å². The van der Waals surface area contributed by atoms with Crippen LogP contribution in [0.15, 0.2) is 0 Å². The molecule has 0 radical (unpaired) electrons. The van der Waals surface area contributed by atoms with Gasteiger partial charge in [-0.05, 0) is 33.7 Å². The summed E-state index contributed by atoms with van der Waals surface area (Å²) in [6.07, 6.45) is 5.56. The van der Waals surface area contributed by atoms with E-state index in [9.17, 15) is 9.59 Å². The molecule has 0 aromatic heterocycles. The SMILES string of the molecule is CC(C)N1C(=O)CC(NCCN(C)C2CCCC2)C1=O. The second-order valence-corrected chi connectivity index (χ2v) is 6.33. The molecule has 0 spiro atoms. The topological polar surface area (TPSA) is 52.7 Å². The molecule has 20 heavy (non-hydrogen) atoms. The molecule has 2 fully saturated rings. The maximum atomic E-state index is 12.1. The van der Waals surface area contributed by atoms with Crippen molar-refractivity contribution in [3.8, 4) is 0 Å². The molecular weight excluding hydrogens is 254 g/mol. The molecule has 0 aromatic rings. The van der Waals surface area contributed by atoms with E-state index < -0.39 is 0 Å². The molecule has 0 bridgehead atoms. The first-order valence-corrected chi connectivity index (χ1v) is 7.80. The number of nitrogens with zero attached hydrogens (tertiary/aromatic N) is 2. The first-order valence-electron chi connectivity index (χ1n) is 7.80. The standard InChI is InChI=1S/C15H27N3O2/c1-11(2)18-14(19)10-13(15(18)20)16-8-9-17(3)12-6-4-5-7-12/h11-13,16H,4-10H2,1-3H3. The molecule has 1 aliphatic heterocycles. The van der Waals surface area contributed by atoms with Crippen LogP contribution in [0.2, 0.25) is 0 Å². The number of rotatable bonds is 6. The first-order chi connectivity index (χ1) is 9.50. The lowest BCUT2D eigenvalue weighted by molar-refractivity contribution is -0.140. The van der Waals surface area contributed by atoms with Crippen LogP contribution < -0.4 is 5.32 Å². The van der Waals surface area contributed by atoms with Crippen LogP contribution in [0.4, 0.5) is 0 Å². The largest absolute Gasteiger partial charge is 0.304 e. The summed E-state index contributed by atoms with van der Waals surface area (Å²) in [6.45, 7) is 5.46. The van der Waals surface area contributed by atoms with E-state index in [2.05, 4.69) is 17.3 Å². The number of carbonyl (C=O) groups excluding carboxylic acids is 2. The summed E-state index contributed by atoms with van der Waals surface area (Å²) in [6, 6.07) is 0.342. The van der Waals surface area contributed by atoms with Gasteiger partial charge in [0.05, 0.1) is 12.5 Å². The van der Waals surface area contributed by atoms with Crippen LogP contribution in [0, 0.1) is 0 Å². The molecule has 1 N–H and O–H groups in total. The number of amides is 2. The van der Waals surface area contributed by atoms with Gasteiger partial charge in [0, 0.05) is 25.2 Å². The van der Waals surface area contributed by atoms with Crippen LogP contribution >= 0.6 is 0 Å². The minimum atomic E-state index is -0.318. The van der Waals surface area contributed by atoms with Crippen molar-refractivity contribution in [2.45, 2.75) is 64.1 Å². The van der Waals surface area contributed by atoms with E-state index in [0.29, 0.717) is 12.5 Å². The maximum Gasteiger partial charge on any atom is 0.247 e. The lowest BCUT2D eigenvalue weighted by Crippen LogP contribution is -2.44. The number of imide groups is 1. The van der Waals surface area contributed by atoms with E-state index in [1.165, 1.54) is 30.6 Å². The van der Waals surface area contributed by atoms with Crippen LogP contribution in [0.5, 0.6) is 0 Å². The first kappa shape index (κ1) is 15.4. The van der Waals surface area contributed by atoms with Gasteiger partial charge >= 0.3 is 0 Å². The van der Waals surface area contributed by atoms with Gasteiger partial charge in [-0.15, -0.1) is 0 Å². The van der Waals surface area contributed by atoms with E-state index in [-0.39, 0.29) is 23.9 Å². The smallest absolute Gasteiger partial charge is 0.247 e. The summed E-state index contributed by atoms with van der Waals surface area (Å²) in [4.78, 5) is 27.7. The highest BCUT2D eigenvalue weighted by Gasteiger charge is 2.39. The van der Waals surface area contributed by atoms with Crippen LogP contribution in [0.3, 0.4) is 0 Å². The third-order valence-electron chi connectivity index (χ3n) is 4.50. The van der Waals surface area contributed by atoms with E-state index in [0.717, 1.165) is 13.1 Å². The number of likely N-dealkylation sites (tertiary alicyclic amines) is 1. The summed E-state index contributed by atoms with van der Waals surface area (Å²) < 4.78 is 0. The molecule has 5 heteroatoms. The van der Waals surface area contributed by atoms with Crippen LogP contribution in [-0.2, 0) is 9.59 Å². The summed E-state index contributed by atoms with van der Waals surface area (Å²) >= 11 is 0. The second kappa shape index (κ2) is 6.68. The average molecular weight is 281 g/mol. The monoisotopic (exact) mass is 281 g/mol.